The van der Waals surface area contributed by atoms with Gasteiger partial charge in [0.25, 0.3) is 5.91 Å². The zero-order valence-corrected chi connectivity index (χ0v) is 14.8. The molecule has 24 heavy (non-hydrogen) atoms. The van der Waals surface area contributed by atoms with E-state index in [0.717, 1.165) is 48.7 Å². The van der Waals surface area contributed by atoms with Crippen LogP contribution in [0.1, 0.15) is 46.8 Å². The number of hydrogen-bond donors (Lipinski definition) is 1. The first-order valence-electron chi connectivity index (χ1n) is 8.38. The third-order valence-electron chi connectivity index (χ3n) is 4.46. The van der Waals surface area contributed by atoms with Crippen LogP contribution in [0.4, 0.5) is 11.6 Å². The number of nitrogens with zero attached hydrogens (tertiary/aromatic N) is 5. The molecule has 0 spiro atoms. The monoisotopic (exact) mass is 328 g/mol. The number of anilines is 2. The average Bonchev–Trinajstić information content (AvgIpc) is 2.81. The van der Waals surface area contributed by atoms with Crippen LogP contribution in [-0.4, -0.2) is 38.7 Å². The molecule has 2 aromatic heterocycles. The number of carbonyl (C=O) groups is 1. The lowest BCUT2D eigenvalue weighted by Crippen LogP contribution is -2.31. The molecule has 128 valence electrons. The van der Waals surface area contributed by atoms with Crippen LogP contribution in [0.25, 0.3) is 0 Å². The van der Waals surface area contributed by atoms with Gasteiger partial charge in [-0.15, -0.1) is 0 Å². The molecule has 0 atom stereocenters. The van der Waals surface area contributed by atoms with Crippen LogP contribution in [0.3, 0.4) is 0 Å². The second-order valence-electron chi connectivity index (χ2n) is 6.37. The molecule has 2 aromatic rings. The molecule has 1 aliphatic rings. The normalized spacial score (nSPS) is 14.8. The third kappa shape index (κ3) is 3.25. The highest BCUT2D eigenvalue weighted by atomic mass is 16.1. The summed E-state index contributed by atoms with van der Waals surface area (Å²) in [6.45, 7) is 7.61. The van der Waals surface area contributed by atoms with Crippen LogP contribution in [-0.2, 0) is 7.05 Å². The Bertz CT molecular complexity index is 761. The van der Waals surface area contributed by atoms with E-state index in [1.807, 2.05) is 27.8 Å². The van der Waals surface area contributed by atoms with Gasteiger partial charge in [-0.3, -0.25) is 9.48 Å². The Morgan fingerprint density at radius 3 is 2.46 bits per heavy atom. The Hall–Kier alpha value is -2.44. The number of carbonyl (C=O) groups excluding carboxylic acids is 1. The van der Waals surface area contributed by atoms with E-state index in [1.165, 1.54) is 6.42 Å². The fourth-order valence-electron chi connectivity index (χ4n) is 3.04. The summed E-state index contributed by atoms with van der Waals surface area (Å²) in [6, 6.07) is 1.73. The molecule has 1 aliphatic heterocycles. The van der Waals surface area contributed by atoms with Gasteiger partial charge < -0.3 is 10.2 Å². The Kier molecular flexibility index (Phi) is 4.51. The van der Waals surface area contributed by atoms with Crippen LogP contribution >= 0.6 is 0 Å². The highest BCUT2D eigenvalue weighted by Gasteiger charge is 2.19. The van der Waals surface area contributed by atoms with Gasteiger partial charge in [0, 0.05) is 25.8 Å². The number of piperidine rings is 1. The first kappa shape index (κ1) is 16.4. The van der Waals surface area contributed by atoms with Crippen LogP contribution in [0, 0.1) is 20.8 Å². The van der Waals surface area contributed by atoms with Gasteiger partial charge in [0.05, 0.1) is 17.1 Å². The molecule has 0 radical (unpaired) electrons. The lowest BCUT2D eigenvalue weighted by atomic mass is 10.1. The lowest BCUT2D eigenvalue weighted by molar-refractivity contribution is 0.102. The first-order valence-corrected chi connectivity index (χ1v) is 8.38. The van der Waals surface area contributed by atoms with Crippen molar-refractivity contribution in [3.8, 4) is 0 Å². The van der Waals surface area contributed by atoms with Gasteiger partial charge >= 0.3 is 0 Å². The fourth-order valence-corrected chi connectivity index (χ4v) is 3.04. The van der Waals surface area contributed by atoms with Crippen molar-refractivity contribution in [2.45, 2.75) is 40.0 Å². The molecule has 7 nitrogen and oxygen atoms in total. The van der Waals surface area contributed by atoms with Crippen LogP contribution in [0.15, 0.2) is 6.07 Å². The molecule has 1 saturated heterocycles. The van der Waals surface area contributed by atoms with E-state index < -0.39 is 0 Å². The number of aromatic nitrogens is 4. The van der Waals surface area contributed by atoms with E-state index in [2.05, 4.69) is 25.3 Å². The molecule has 0 saturated carbocycles. The van der Waals surface area contributed by atoms with E-state index >= 15 is 0 Å². The van der Waals surface area contributed by atoms with E-state index in [4.69, 9.17) is 0 Å². The van der Waals surface area contributed by atoms with Gasteiger partial charge in [0.2, 0.25) is 5.95 Å². The largest absolute Gasteiger partial charge is 0.341 e. The zero-order valence-electron chi connectivity index (χ0n) is 14.8. The summed E-state index contributed by atoms with van der Waals surface area (Å²) in [6.07, 6.45) is 3.54. The van der Waals surface area contributed by atoms with E-state index in [1.54, 1.807) is 10.7 Å². The Labute approximate surface area is 142 Å². The van der Waals surface area contributed by atoms with Crippen LogP contribution in [0.5, 0.6) is 0 Å². The highest BCUT2D eigenvalue weighted by molar-refractivity contribution is 6.03. The van der Waals surface area contributed by atoms with Gasteiger partial charge in [-0.1, -0.05) is 0 Å². The van der Waals surface area contributed by atoms with E-state index in [0.29, 0.717) is 11.6 Å². The fraction of sp³-hybridized carbons (Fsp3) is 0.529. The van der Waals surface area contributed by atoms with Crippen molar-refractivity contribution in [2.24, 2.45) is 7.05 Å². The van der Waals surface area contributed by atoms with Crippen molar-refractivity contribution < 1.29 is 4.79 Å². The van der Waals surface area contributed by atoms with Gasteiger partial charge in [0.15, 0.2) is 0 Å². The standard InChI is InChI=1S/C17H24N6O/c1-11-10-14(19-17(18-11)23-8-6-5-7-9-23)16(24)20-15-12(2)21-22(4)13(15)3/h10H,5-9H2,1-4H3,(H,20,24). The summed E-state index contributed by atoms with van der Waals surface area (Å²) in [5, 5.41) is 7.27. The SMILES string of the molecule is Cc1cc(C(=O)Nc2c(C)nn(C)c2C)nc(N2CCCCC2)n1. The number of aryl methyl sites for hydroxylation is 3. The topological polar surface area (TPSA) is 75.9 Å². The lowest BCUT2D eigenvalue weighted by Gasteiger charge is -2.27. The summed E-state index contributed by atoms with van der Waals surface area (Å²) in [7, 11) is 1.86. The second kappa shape index (κ2) is 6.59. The van der Waals surface area contributed by atoms with Crippen molar-refractivity contribution in [3.63, 3.8) is 0 Å². The van der Waals surface area contributed by atoms with Crippen LogP contribution in [0.2, 0.25) is 0 Å². The molecule has 7 heteroatoms. The van der Waals surface area contributed by atoms with Crippen molar-refractivity contribution >= 4 is 17.5 Å². The van der Waals surface area contributed by atoms with Crippen molar-refractivity contribution in [3.05, 3.63) is 28.8 Å². The van der Waals surface area contributed by atoms with Crippen molar-refractivity contribution in [2.75, 3.05) is 23.3 Å². The summed E-state index contributed by atoms with van der Waals surface area (Å²) in [5.41, 5.74) is 3.66. The maximum Gasteiger partial charge on any atom is 0.274 e. The molecule has 1 fully saturated rings. The smallest absolute Gasteiger partial charge is 0.274 e. The minimum Gasteiger partial charge on any atom is -0.341 e. The molecule has 0 unspecified atom stereocenters. The number of amides is 1. The highest BCUT2D eigenvalue weighted by Crippen LogP contribution is 2.20. The maximum atomic E-state index is 12.7. The Morgan fingerprint density at radius 1 is 1.12 bits per heavy atom. The van der Waals surface area contributed by atoms with Gasteiger partial charge in [-0.2, -0.15) is 5.10 Å². The second-order valence-corrected chi connectivity index (χ2v) is 6.37. The zero-order chi connectivity index (χ0) is 17.3. The van der Waals surface area contributed by atoms with Gasteiger partial charge in [0.1, 0.15) is 5.69 Å². The Morgan fingerprint density at radius 2 is 1.83 bits per heavy atom. The molecule has 1 amide bonds. The van der Waals surface area contributed by atoms with Crippen molar-refractivity contribution in [1.82, 2.24) is 19.7 Å². The van der Waals surface area contributed by atoms with Crippen LogP contribution < -0.4 is 10.2 Å². The number of nitrogens with one attached hydrogen (secondary N) is 1. The third-order valence-corrected chi connectivity index (χ3v) is 4.46. The van der Waals surface area contributed by atoms with E-state index in [-0.39, 0.29) is 5.91 Å². The molecular weight excluding hydrogens is 304 g/mol. The average molecular weight is 328 g/mol. The van der Waals surface area contributed by atoms with Gasteiger partial charge in [-0.05, 0) is 46.1 Å². The molecule has 3 heterocycles. The quantitative estimate of drug-likeness (QED) is 0.936. The summed E-state index contributed by atoms with van der Waals surface area (Å²) >= 11 is 0. The molecule has 1 N–H and O–H groups in total. The van der Waals surface area contributed by atoms with Gasteiger partial charge in [-0.25, -0.2) is 9.97 Å². The minimum absolute atomic E-state index is 0.224. The first-order chi connectivity index (χ1) is 11.5. The summed E-state index contributed by atoms with van der Waals surface area (Å²) in [5.74, 6) is 0.428. The molecular formula is C17H24N6O. The van der Waals surface area contributed by atoms with E-state index in [9.17, 15) is 4.79 Å². The van der Waals surface area contributed by atoms with Crippen molar-refractivity contribution in [1.29, 1.82) is 0 Å². The summed E-state index contributed by atoms with van der Waals surface area (Å²) < 4.78 is 1.76. The minimum atomic E-state index is -0.224. The Balaban J connectivity index is 1.85. The maximum absolute atomic E-state index is 12.7. The molecule has 0 aromatic carbocycles. The molecule has 3 rings (SSSR count). The number of rotatable bonds is 3. The number of hydrogen-bond acceptors (Lipinski definition) is 5. The summed E-state index contributed by atoms with van der Waals surface area (Å²) in [4.78, 5) is 23.8. The molecule has 0 aliphatic carbocycles. The predicted molar refractivity (Wildman–Crippen MR) is 93.5 cm³/mol. The predicted octanol–water partition coefficient (Wildman–Crippen LogP) is 2.38. The molecule has 0 bridgehead atoms.